The van der Waals surface area contributed by atoms with Crippen molar-refractivity contribution in [3.05, 3.63) is 71.5 Å². The molecule has 0 spiro atoms. The molecule has 0 saturated carbocycles. The Morgan fingerprint density at radius 2 is 1.70 bits per heavy atom. The zero-order valence-electron chi connectivity index (χ0n) is 17.1. The molecule has 3 atom stereocenters. The van der Waals surface area contributed by atoms with Crippen LogP contribution in [0.1, 0.15) is 42.4 Å². The van der Waals surface area contributed by atoms with Gasteiger partial charge in [0.2, 0.25) is 0 Å². The molecule has 0 amide bonds. The van der Waals surface area contributed by atoms with Gasteiger partial charge < -0.3 is 9.64 Å². The van der Waals surface area contributed by atoms with Gasteiger partial charge in [0.1, 0.15) is 18.0 Å². The van der Waals surface area contributed by atoms with Crippen molar-refractivity contribution in [2.45, 2.75) is 43.5 Å². The Labute approximate surface area is 177 Å². The van der Waals surface area contributed by atoms with Gasteiger partial charge in [-0.15, -0.1) is 0 Å². The van der Waals surface area contributed by atoms with Crippen molar-refractivity contribution < 1.29 is 21.7 Å². The fourth-order valence-electron chi connectivity index (χ4n) is 4.57. The topological polar surface area (TPSA) is 55.8 Å². The van der Waals surface area contributed by atoms with Crippen molar-refractivity contribution >= 4 is 10.1 Å². The van der Waals surface area contributed by atoms with Crippen LogP contribution in [0.5, 0.6) is 0 Å². The molecule has 2 aliphatic rings. The minimum atomic E-state index is -3.62. The van der Waals surface area contributed by atoms with Crippen LogP contribution >= 0.6 is 0 Å². The summed E-state index contributed by atoms with van der Waals surface area (Å²) in [4.78, 5) is 2.38. The lowest BCUT2D eigenvalue weighted by atomic mass is 9.89. The first-order valence-corrected chi connectivity index (χ1v) is 12.3. The van der Waals surface area contributed by atoms with E-state index in [1.807, 2.05) is 6.07 Å². The first kappa shape index (κ1) is 21.4. The molecule has 0 aromatic heterocycles. The van der Waals surface area contributed by atoms with Gasteiger partial charge in [0.15, 0.2) is 0 Å². The van der Waals surface area contributed by atoms with Crippen molar-refractivity contribution in [1.82, 2.24) is 4.90 Å². The van der Waals surface area contributed by atoms with Gasteiger partial charge in [0.05, 0.1) is 12.4 Å². The zero-order chi connectivity index (χ0) is 21.1. The lowest BCUT2D eigenvalue weighted by Crippen LogP contribution is -2.38. The van der Waals surface area contributed by atoms with Gasteiger partial charge in [0.25, 0.3) is 10.1 Å². The molecule has 0 N–H and O–H groups in total. The average molecular weight is 434 g/mol. The molecule has 2 heterocycles. The van der Waals surface area contributed by atoms with Crippen LogP contribution in [-0.2, 0) is 19.0 Å². The first-order chi connectivity index (χ1) is 14.4. The number of piperidine rings is 1. The van der Waals surface area contributed by atoms with Gasteiger partial charge in [0, 0.05) is 13.0 Å². The number of likely N-dealkylation sites (tertiary alicyclic amines) is 1. The van der Waals surface area contributed by atoms with E-state index in [-0.39, 0.29) is 11.9 Å². The molecule has 162 valence electrons. The van der Waals surface area contributed by atoms with E-state index >= 15 is 0 Å². The molecule has 30 heavy (non-hydrogen) atoms. The number of ether oxygens (including phenoxy) is 1. The summed E-state index contributed by atoms with van der Waals surface area (Å²) in [6.45, 7) is 2.71. The Balaban J connectivity index is 1.38. The Morgan fingerprint density at radius 3 is 2.33 bits per heavy atom. The van der Waals surface area contributed by atoms with E-state index in [1.54, 1.807) is 12.1 Å². The summed E-state index contributed by atoms with van der Waals surface area (Å²) >= 11 is 0. The normalized spacial score (nSPS) is 26.1. The van der Waals surface area contributed by atoms with Crippen LogP contribution in [0.3, 0.4) is 0 Å². The molecule has 7 heteroatoms. The summed E-state index contributed by atoms with van der Waals surface area (Å²) < 4.78 is 48.3. The standard InChI is InChI=1S/C23H28FNO4S/c1-30(26,27)29-22-15-21(28-23(22)19-7-9-20(24)10-8-19)16-25-13-11-18(12-14-25)17-5-3-2-4-6-17/h2-10,18,21-23H,11-16H2,1H3/t21-,22-,23-/m1/s1. The number of hydrogen-bond donors (Lipinski definition) is 0. The SMILES string of the molecule is CS(=O)(=O)O[C@@H]1C[C@H](CN2CCC(c3ccccc3)CC2)O[C@@H]1c1ccc(F)cc1. The molecule has 4 rings (SSSR count). The highest BCUT2D eigenvalue weighted by Crippen LogP contribution is 2.37. The average Bonchev–Trinajstić information content (AvgIpc) is 3.10. The number of hydrogen-bond acceptors (Lipinski definition) is 5. The molecule has 0 unspecified atom stereocenters. The predicted molar refractivity (Wildman–Crippen MR) is 113 cm³/mol. The zero-order valence-corrected chi connectivity index (χ0v) is 17.9. The molecular weight excluding hydrogens is 405 g/mol. The Kier molecular flexibility index (Phi) is 6.53. The third-order valence-corrected chi connectivity index (χ3v) is 6.59. The van der Waals surface area contributed by atoms with Crippen LogP contribution in [0.15, 0.2) is 54.6 Å². The van der Waals surface area contributed by atoms with Crippen molar-refractivity contribution in [3.63, 3.8) is 0 Å². The van der Waals surface area contributed by atoms with Crippen LogP contribution in [0.4, 0.5) is 4.39 Å². The van der Waals surface area contributed by atoms with Crippen molar-refractivity contribution in [3.8, 4) is 0 Å². The number of nitrogens with zero attached hydrogens (tertiary/aromatic N) is 1. The second-order valence-corrected chi connectivity index (χ2v) is 9.89. The third-order valence-electron chi connectivity index (χ3n) is 5.99. The minimum absolute atomic E-state index is 0.125. The Morgan fingerprint density at radius 1 is 1.03 bits per heavy atom. The molecule has 0 aliphatic carbocycles. The second-order valence-electron chi connectivity index (χ2n) is 8.29. The maximum atomic E-state index is 13.3. The van der Waals surface area contributed by atoms with Crippen LogP contribution in [0.25, 0.3) is 0 Å². The summed E-state index contributed by atoms with van der Waals surface area (Å²) in [5.41, 5.74) is 2.13. The highest BCUT2D eigenvalue weighted by molar-refractivity contribution is 7.86. The summed E-state index contributed by atoms with van der Waals surface area (Å²) in [5.74, 6) is 0.246. The van der Waals surface area contributed by atoms with Gasteiger partial charge in [-0.1, -0.05) is 42.5 Å². The van der Waals surface area contributed by atoms with Gasteiger partial charge in [-0.05, 0) is 55.1 Å². The molecule has 2 fully saturated rings. The molecule has 2 aliphatic heterocycles. The van der Waals surface area contributed by atoms with Crippen LogP contribution in [-0.4, -0.2) is 51.4 Å². The predicted octanol–water partition coefficient (Wildman–Crippen LogP) is 3.88. The minimum Gasteiger partial charge on any atom is -0.366 e. The van der Waals surface area contributed by atoms with Gasteiger partial charge >= 0.3 is 0 Å². The van der Waals surface area contributed by atoms with Crippen LogP contribution in [0, 0.1) is 5.82 Å². The van der Waals surface area contributed by atoms with E-state index in [9.17, 15) is 12.8 Å². The first-order valence-electron chi connectivity index (χ1n) is 10.4. The van der Waals surface area contributed by atoms with Crippen molar-refractivity contribution in [2.24, 2.45) is 0 Å². The number of benzene rings is 2. The quantitative estimate of drug-likeness (QED) is 0.647. The lowest BCUT2D eigenvalue weighted by molar-refractivity contribution is -0.000200. The van der Waals surface area contributed by atoms with E-state index < -0.39 is 22.3 Å². The van der Waals surface area contributed by atoms with E-state index in [1.165, 1.54) is 17.7 Å². The molecule has 2 aromatic carbocycles. The smallest absolute Gasteiger partial charge is 0.264 e. The molecule has 2 saturated heterocycles. The van der Waals surface area contributed by atoms with E-state index in [0.29, 0.717) is 12.3 Å². The van der Waals surface area contributed by atoms with Crippen LogP contribution in [0.2, 0.25) is 0 Å². The van der Waals surface area contributed by atoms with E-state index in [4.69, 9.17) is 8.92 Å². The largest absolute Gasteiger partial charge is 0.366 e. The summed E-state index contributed by atoms with van der Waals surface area (Å²) in [7, 11) is -3.62. The molecule has 5 nitrogen and oxygen atoms in total. The van der Waals surface area contributed by atoms with Crippen LogP contribution < -0.4 is 0 Å². The molecule has 0 bridgehead atoms. The number of halogens is 1. The number of rotatable bonds is 6. The maximum Gasteiger partial charge on any atom is 0.264 e. The van der Waals surface area contributed by atoms with E-state index in [0.717, 1.165) is 44.3 Å². The fourth-order valence-corrected chi connectivity index (χ4v) is 5.20. The fraction of sp³-hybridized carbons (Fsp3) is 0.478. The summed E-state index contributed by atoms with van der Waals surface area (Å²) in [5, 5.41) is 0. The highest BCUT2D eigenvalue weighted by atomic mass is 32.2. The Hall–Kier alpha value is -1.80. The summed E-state index contributed by atoms with van der Waals surface area (Å²) in [6, 6.07) is 16.6. The maximum absolute atomic E-state index is 13.3. The lowest BCUT2D eigenvalue weighted by Gasteiger charge is -2.33. The van der Waals surface area contributed by atoms with Gasteiger partial charge in [-0.3, -0.25) is 4.18 Å². The second kappa shape index (κ2) is 9.14. The monoisotopic (exact) mass is 433 g/mol. The highest BCUT2D eigenvalue weighted by Gasteiger charge is 2.40. The molecule has 0 radical (unpaired) electrons. The molecule has 2 aromatic rings. The third kappa shape index (κ3) is 5.46. The Bertz CT molecular complexity index is 927. The van der Waals surface area contributed by atoms with Gasteiger partial charge in [-0.2, -0.15) is 8.42 Å². The van der Waals surface area contributed by atoms with Crippen molar-refractivity contribution in [1.29, 1.82) is 0 Å². The van der Waals surface area contributed by atoms with Gasteiger partial charge in [-0.25, -0.2) is 4.39 Å². The van der Waals surface area contributed by atoms with Crippen molar-refractivity contribution in [2.75, 3.05) is 25.9 Å². The summed E-state index contributed by atoms with van der Waals surface area (Å²) in [6.07, 6.45) is 2.50. The molecular formula is C23H28FNO4S. The van der Waals surface area contributed by atoms with E-state index in [2.05, 4.69) is 29.2 Å².